The first kappa shape index (κ1) is 15.7. The smallest absolute Gasteiger partial charge is 0.256 e. The maximum Gasteiger partial charge on any atom is 0.256 e. The van der Waals surface area contributed by atoms with Gasteiger partial charge in [0, 0.05) is 18.5 Å². The van der Waals surface area contributed by atoms with E-state index in [1.807, 2.05) is 22.4 Å². The van der Waals surface area contributed by atoms with Crippen LogP contribution in [0, 0.1) is 0 Å². The molecule has 1 fully saturated rings. The third kappa shape index (κ3) is 3.79. The van der Waals surface area contributed by atoms with Gasteiger partial charge in [-0.2, -0.15) is 11.3 Å². The Labute approximate surface area is 140 Å². The minimum absolute atomic E-state index is 0.00752. The molecule has 0 radical (unpaired) electrons. The van der Waals surface area contributed by atoms with Crippen LogP contribution in [0.5, 0.6) is 0 Å². The normalized spacial score (nSPS) is 15.0. The molecule has 1 saturated heterocycles. The quantitative estimate of drug-likeness (QED) is 0.925. The molecule has 0 spiro atoms. The van der Waals surface area contributed by atoms with E-state index in [-0.39, 0.29) is 11.8 Å². The molecule has 1 N–H and O–H groups in total. The summed E-state index contributed by atoms with van der Waals surface area (Å²) in [6, 6.07) is 9.03. The third-order valence-electron chi connectivity index (χ3n) is 4.08. The molecular formula is C18H20N2O2S. The number of thiophene rings is 1. The zero-order valence-electron chi connectivity index (χ0n) is 13.0. The zero-order valence-corrected chi connectivity index (χ0v) is 13.8. The highest BCUT2D eigenvalue weighted by atomic mass is 32.1. The molecule has 0 bridgehead atoms. The van der Waals surface area contributed by atoms with Crippen molar-refractivity contribution in [3.8, 4) is 0 Å². The molecule has 0 saturated carbocycles. The van der Waals surface area contributed by atoms with Crippen molar-refractivity contribution in [2.45, 2.75) is 25.7 Å². The van der Waals surface area contributed by atoms with Crippen LogP contribution in [0.15, 0.2) is 41.1 Å². The van der Waals surface area contributed by atoms with E-state index >= 15 is 0 Å². The molecule has 120 valence electrons. The Hall–Kier alpha value is -2.14. The number of nitrogens with zero attached hydrogens (tertiary/aromatic N) is 1. The number of hydrogen-bond donors (Lipinski definition) is 1. The molecule has 2 aromatic rings. The number of anilines is 1. The minimum atomic E-state index is -0.178. The fourth-order valence-electron chi connectivity index (χ4n) is 2.81. The summed E-state index contributed by atoms with van der Waals surface area (Å²) in [4.78, 5) is 27.0. The summed E-state index contributed by atoms with van der Waals surface area (Å²) in [5, 5.41) is 6.53. The first-order chi connectivity index (χ1) is 11.3. The van der Waals surface area contributed by atoms with Gasteiger partial charge in [0.25, 0.3) is 11.8 Å². The van der Waals surface area contributed by atoms with Gasteiger partial charge < -0.3 is 10.2 Å². The Morgan fingerprint density at radius 3 is 2.43 bits per heavy atom. The molecule has 23 heavy (non-hydrogen) atoms. The summed E-state index contributed by atoms with van der Waals surface area (Å²) in [7, 11) is 0. The van der Waals surface area contributed by atoms with E-state index in [4.69, 9.17) is 0 Å². The summed E-state index contributed by atoms with van der Waals surface area (Å²) in [5.41, 5.74) is 1.77. The molecular weight excluding hydrogens is 308 g/mol. The van der Waals surface area contributed by atoms with Crippen LogP contribution in [0.2, 0.25) is 0 Å². The van der Waals surface area contributed by atoms with E-state index in [0.29, 0.717) is 16.8 Å². The molecule has 3 rings (SSSR count). The van der Waals surface area contributed by atoms with E-state index in [9.17, 15) is 9.59 Å². The first-order valence-electron chi connectivity index (χ1n) is 7.97. The second-order valence-electron chi connectivity index (χ2n) is 5.72. The lowest BCUT2D eigenvalue weighted by atomic mass is 10.1. The number of rotatable bonds is 3. The predicted octanol–water partition coefficient (Wildman–Crippen LogP) is 4.02. The van der Waals surface area contributed by atoms with Gasteiger partial charge in [0.2, 0.25) is 0 Å². The molecule has 1 aromatic carbocycles. The van der Waals surface area contributed by atoms with Crippen LogP contribution in [0.4, 0.5) is 5.69 Å². The standard InChI is InChI=1S/C18H20N2O2S/c21-17(14-9-12-23-13-14)19-16-8-4-3-7-15(16)18(22)20-10-5-1-2-6-11-20/h3-4,7-9,12-13H,1-2,5-6,10-11H2,(H,19,21). The van der Waals surface area contributed by atoms with Crippen LogP contribution >= 0.6 is 11.3 Å². The van der Waals surface area contributed by atoms with Crippen LogP contribution in [-0.2, 0) is 0 Å². The second-order valence-corrected chi connectivity index (χ2v) is 6.50. The number of carbonyl (C=O) groups excluding carboxylic acids is 2. The van der Waals surface area contributed by atoms with Gasteiger partial charge in [-0.15, -0.1) is 0 Å². The summed E-state index contributed by atoms with van der Waals surface area (Å²) in [5.74, 6) is -0.171. The lowest BCUT2D eigenvalue weighted by Gasteiger charge is -2.21. The van der Waals surface area contributed by atoms with Gasteiger partial charge in [-0.1, -0.05) is 25.0 Å². The summed E-state index contributed by atoms with van der Waals surface area (Å²) in [6.07, 6.45) is 4.46. The summed E-state index contributed by atoms with van der Waals surface area (Å²) in [6.45, 7) is 1.59. The lowest BCUT2D eigenvalue weighted by molar-refractivity contribution is 0.0762. The Morgan fingerprint density at radius 2 is 1.74 bits per heavy atom. The maximum absolute atomic E-state index is 12.8. The first-order valence-corrected chi connectivity index (χ1v) is 8.92. The number of para-hydroxylation sites is 1. The summed E-state index contributed by atoms with van der Waals surface area (Å²) < 4.78 is 0. The van der Waals surface area contributed by atoms with Crippen molar-refractivity contribution in [2.24, 2.45) is 0 Å². The largest absolute Gasteiger partial charge is 0.339 e. The van der Waals surface area contributed by atoms with Crippen LogP contribution in [0.3, 0.4) is 0 Å². The number of carbonyl (C=O) groups is 2. The molecule has 1 aliphatic rings. The van der Waals surface area contributed by atoms with Crippen LogP contribution in [0.25, 0.3) is 0 Å². The van der Waals surface area contributed by atoms with Gasteiger partial charge in [-0.25, -0.2) is 0 Å². The number of benzene rings is 1. The van der Waals surface area contributed by atoms with Crippen molar-refractivity contribution in [1.82, 2.24) is 4.90 Å². The summed E-state index contributed by atoms with van der Waals surface area (Å²) >= 11 is 1.48. The number of nitrogens with one attached hydrogen (secondary N) is 1. The molecule has 1 aromatic heterocycles. The van der Waals surface area contributed by atoms with E-state index in [1.165, 1.54) is 24.2 Å². The van der Waals surface area contributed by atoms with Gasteiger partial charge in [0.1, 0.15) is 0 Å². The monoisotopic (exact) mass is 328 g/mol. The molecule has 2 heterocycles. The molecule has 4 nitrogen and oxygen atoms in total. The van der Waals surface area contributed by atoms with Gasteiger partial charge in [-0.3, -0.25) is 9.59 Å². The SMILES string of the molecule is O=C(Nc1ccccc1C(=O)N1CCCCCC1)c1ccsc1. The topological polar surface area (TPSA) is 49.4 Å². The molecule has 2 amide bonds. The molecule has 0 atom stereocenters. The van der Waals surface area contributed by atoms with Crippen molar-refractivity contribution in [3.05, 3.63) is 52.2 Å². The molecule has 0 unspecified atom stereocenters. The number of hydrogen-bond acceptors (Lipinski definition) is 3. The van der Waals surface area contributed by atoms with Crippen LogP contribution < -0.4 is 5.32 Å². The fourth-order valence-corrected chi connectivity index (χ4v) is 3.45. The highest BCUT2D eigenvalue weighted by molar-refractivity contribution is 7.08. The Kier molecular flexibility index (Phi) is 5.08. The van der Waals surface area contributed by atoms with Crippen molar-refractivity contribution in [3.63, 3.8) is 0 Å². The van der Waals surface area contributed by atoms with Crippen LogP contribution in [-0.4, -0.2) is 29.8 Å². The van der Waals surface area contributed by atoms with Gasteiger partial charge >= 0.3 is 0 Å². The van der Waals surface area contributed by atoms with Crippen molar-refractivity contribution < 1.29 is 9.59 Å². The number of likely N-dealkylation sites (tertiary alicyclic amines) is 1. The van der Waals surface area contributed by atoms with E-state index in [1.54, 1.807) is 23.6 Å². The van der Waals surface area contributed by atoms with Crippen molar-refractivity contribution in [2.75, 3.05) is 18.4 Å². The lowest BCUT2D eigenvalue weighted by Crippen LogP contribution is -2.32. The van der Waals surface area contributed by atoms with Crippen molar-refractivity contribution in [1.29, 1.82) is 0 Å². The van der Waals surface area contributed by atoms with E-state index in [2.05, 4.69) is 5.32 Å². The number of amides is 2. The van der Waals surface area contributed by atoms with Gasteiger partial charge in [-0.05, 0) is 36.4 Å². The highest BCUT2D eigenvalue weighted by Crippen LogP contribution is 2.21. The van der Waals surface area contributed by atoms with Crippen LogP contribution in [0.1, 0.15) is 46.4 Å². The predicted molar refractivity (Wildman–Crippen MR) is 93.1 cm³/mol. The minimum Gasteiger partial charge on any atom is -0.339 e. The highest BCUT2D eigenvalue weighted by Gasteiger charge is 2.20. The maximum atomic E-state index is 12.8. The Bertz CT molecular complexity index is 674. The Morgan fingerprint density at radius 1 is 1.00 bits per heavy atom. The van der Waals surface area contributed by atoms with Gasteiger partial charge in [0.15, 0.2) is 0 Å². The van der Waals surface area contributed by atoms with E-state index in [0.717, 1.165) is 25.9 Å². The molecule has 1 aliphatic heterocycles. The third-order valence-corrected chi connectivity index (χ3v) is 4.77. The molecule has 0 aliphatic carbocycles. The molecule has 5 heteroatoms. The average molecular weight is 328 g/mol. The van der Waals surface area contributed by atoms with Gasteiger partial charge in [0.05, 0.1) is 16.8 Å². The van der Waals surface area contributed by atoms with E-state index < -0.39 is 0 Å². The zero-order chi connectivity index (χ0) is 16.1. The average Bonchev–Trinajstić information content (AvgIpc) is 2.98. The Balaban J connectivity index is 1.79. The fraction of sp³-hybridized carbons (Fsp3) is 0.333. The van der Waals surface area contributed by atoms with Crippen molar-refractivity contribution >= 4 is 28.8 Å². The second kappa shape index (κ2) is 7.42.